The molecule has 2 aromatic rings. The first-order valence-corrected chi connectivity index (χ1v) is 7.11. The normalized spacial score (nSPS) is 12.0. The molecule has 0 aliphatic carbocycles. The van der Waals surface area contributed by atoms with Gasteiger partial charge in [-0.25, -0.2) is 4.79 Å². The standard InChI is InChI=1S/C16H14Cl2O3/c1-10-7-13(5-6-14(10)18)21-15(16(19)20)9-11-3-2-4-12(17)8-11/h2-8,15H,9H2,1H3,(H,19,20)/t15-/m0/s1. The van der Waals surface area contributed by atoms with Crippen molar-refractivity contribution >= 4 is 29.2 Å². The molecule has 0 bridgehead atoms. The maximum Gasteiger partial charge on any atom is 0.345 e. The number of hydrogen-bond donors (Lipinski definition) is 1. The molecule has 0 saturated heterocycles. The second-order valence-corrected chi connectivity index (χ2v) is 5.53. The summed E-state index contributed by atoms with van der Waals surface area (Å²) in [5, 5.41) is 10.5. The Hall–Kier alpha value is -1.71. The molecule has 0 heterocycles. The van der Waals surface area contributed by atoms with Crippen molar-refractivity contribution in [1.82, 2.24) is 0 Å². The molecule has 0 spiro atoms. The molecular formula is C16H14Cl2O3. The van der Waals surface area contributed by atoms with E-state index in [1.54, 1.807) is 36.4 Å². The van der Waals surface area contributed by atoms with Crippen LogP contribution in [0.3, 0.4) is 0 Å². The highest BCUT2D eigenvalue weighted by Gasteiger charge is 2.20. The van der Waals surface area contributed by atoms with E-state index >= 15 is 0 Å². The molecule has 0 fully saturated rings. The molecule has 1 N–H and O–H groups in total. The first-order valence-electron chi connectivity index (χ1n) is 6.36. The van der Waals surface area contributed by atoms with Crippen LogP contribution in [-0.2, 0) is 11.2 Å². The van der Waals surface area contributed by atoms with Crippen LogP contribution >= 0.6 is 23.2 Å². The molecule has 3 nitrogen and oxygen atoms in total. The quantitative estimate of drug-likeness (QED) is 0.887. The van der Waals surface area contributed by atoms with Crippen molar-refractivity contribution in [3.63, 3.8) is 0 Å². The topological polar surface area (TPSA) is 46.5 Å². The van der Waals surface area contributed by atoms with E-state index in [9.17, 15) is 9.90 Å². The third-order valence-corrected chi connectivity index (χ3v) is 3.65. The zero-order valence-corrected chi connectivity index (χ0v) is 12.9. The van der Waals surface area contributed by atoms with Crippen LogP contribution in [0.4, 0.5) is 0 Å². The van der Waals surface area contributed by atoms with Crippen LogP contribution in [0.15, 0.2) is 42.5 Å². The summed E-state index contributed by atoms with van der Waals surface area (Å²) in [7, 11) is 0. The van der Waals surface area contributed by atoms with Crippen molar-refractivity contribution in [2.75, 3.05) is 0 Å². The van der Waals surface area contributed by atoms with Crippen LogP contribution in [0.2, 0.25) is 10.0 Å². The summed E-state index contributed by atoms with van der Waals surface area (Å²) in [5.74, 6) is -0.547. The molecule has 110 valence electrons. The van der Waals surface area contributed by atoms with Crippen LogP contribution < -0.4 is 4.74 Å². The minimum absolute atomic E-state index is 0.234. The lowest BCUT2D eigenvalue weighted by atomic mass is 10.1. The van der Waals surface area contributed by atoms with E-state index in [0.29, 0.717) is 15.8 Å². The number of ether oxygens (including phenoxy) is 1. The van der Waals surface area contributed by atoms with Gasteiger partial charge in [0.15, 0.2) is 6.10 Å². The summed E-state index contributed by atoms with van der Waals surface area (Å²) >= 11 is 11.8. The van der Waals surface area contributed by atoms with Gasteiger partial charge in [-0.05, 0) is 48.4 Å². The van der Waals surface area contributed by atoms with Gasteiger partial charge in [0.2, 0.25) is 0 Å². The number of benzene rings is 2. The van der Waals surface area contributed by atoms with E-state index in [4.69, 9.17) is 27.9 Å². The van der Waals surface area contributed by atoms with Gasteiger partial charge < -0.3 is 9.84 Å². The lowest BCUT2D eigenvalue weighted by molar-refractivity contribution is -0.145. The third kappa shape index (κ3) is 4.38. The predicted molar refractivity (Wildman–Crippen MR) is 83.4 cm³/mol. The fraction of sp³-hybridized carbons (Fsp3) is 0.188. The van der Waals surface area contributed by atoms with Gasteiger partial charge in [-0.3, -0.25) is 0 Å². The Bertz CT molecular complexity index is 656. The van der Waals surface area contributed by atoms with Gasteiger partial charge in [0.25, 0.3) is 0 Å². The van der Waals surface area contributed by atoms with Crippen molar-refractivity contribution in [3.05, 3.63) is 63.6 Å². The van der Waals surface area contributed by atoms with Gasteiger partial charge in [-0.15, -0.1) is 0 Å². The van der Waals surface area contributed by atoms with E-state index in [1.807, 2.05) is 13.0 Å². The Morgan fingerprint density at radius 3 is 2.62 bits per heavy atom. The minimum Gasteiger partial charge on any atom is -0.478 e. The van der Waals surface area contributed by atoms with Crippen molar-refractivity contribution < 1.29 is 14.6 Å². The van der Waals surface area contributed by atoms with Gasteiger partial charge in [-0.1, -0.05) is 35.3 Å². The summed E-state index contributed by atoms with van der Waals surface area (Å²) < 4.78 is 5.55. The molecular weight excluding hydrogens is 311 g/mol. The largest absolute Gasteiger partial charge is 0.478 e. The number of rotatable bonds is 5. The number of carboxylic acids is 1. The number of carbonyl (C=O) groups is 1. The molecule has 0 saturated carbocycles. The van der Waals surface area contributed by atoms with Crippen molar-refractivity contribution in [2.45, 2.75) is 19.4 Å². The van der Waals surface area contributed by atoms with E-state index in [-0.39, 0.29) is 6.42 Å². The highest BCUT2D eigenvalue weighted by molar-refractivity contribution is 6.31. The summed E-state index contributed by atoms with van der Waals surface area (Å²) in [4.78, 5) is 11.4. The van der Waals surface area contributed by atoms with Gasteiger partial charge in [0.1, 0.15) is 5.75 Å². The molecule has 21 heavy (non-hydrogen) atoms. The zero-order valence-electron chi connectivity index (χ0n) is 11.3. The highest BCUT2D eigenvalue weighted by atomic mass is 35.5. The SMILES string of the molecule is Cc1cc(O[C@@H](Cc2cccc(Cl)c2)C(=O)O)ccc1Cl. The van der Waals surface area contributed by atoms with Crippen LogP contribution in [0.25, 0.3) is 0 Å². The highest BCUT2D eigenvalue weighted by Crippen LogP contribution is 2.23. The van der Waals surface area contributed by atoms with Crippen molar-refractivity contribution in [3.8, 4) is 5.75 Å². The molecule has 2 aromatic carbocycles. The van der Waals surface area contributed by atoms with E-state index in [1.165, 1.54) is 0 Å². The van der Waals surface area contributed by atoms with E-state index in [2.05, 4.69) is 0 Å². The lowest BCUT2D eigenvalue weighted by Crippen LogP contribution is -2.29. The number of halogens is 2. The van der Waals surface area contributed by atoms with E-state index in [0.717, 1.165) is 11.1 Å². The number of aliphatic carboxylic acids is 1. The number of hydrogen-bond acceptors (Lipinski definition) is 2. The second kappa shape index (κ2) is 6.83. The van der Waals surface area contributed by atoms with Crippen molar-refractivity contribution in [1.29, 1.82) is 0 Å². The minimum atomic E-state index is -1.03. The Morgan fingerprint density at radius 2 is 2.00 bits per heavy atom. The first-order chi connectivity index (χ1) is 9.95. The van der Waals surface area contributed by atoms with Crippen LogP contribution in [0.1, 0.15) is 11.1 Å². The van der Waals surface area contributed by atoms with Gasteiger partial charge in [0, 0.05) is 16.5 Å². The van der Waals surface area contributed by atoms with Crippen LogP contribution in [0, 0.1) is 6.92 Å². The molecule has 0 radical (unpaired) electrons. The van der Waals surface area contributed by atoms with E-state index < -0.39 is 12.1 Å². The second-order valence-electron chi connectivity index (χ2n) is 4.69. The van der Waals surface area contributed by atoms with Gasteiger partial charge in [0.05, 0.1) is 0 Å². The predicted octanol–water partition coefficient (Wildman–Crippen LogP) is 4.38. The maximum atomic E-state index is 11.4. The third-order valence-electron chi connectivity index (χ3n) is 2.99. The fourth-order valence-corrected chi connectivity index (χ4v) is 2.24. The Morgan fingerprint density at radius 1 is 1.24 bits per heavy atom. The molecule has 0 aliphatic heterocycles. The van der Waals surface area contributed by atoms with Gasteiger partial charge in [-0.2, -0.15) is 0 Å². The average Bonchev–Trinajstić information content (AvgIpc) is 2.42. The van der Waals surface area contributed by atoms with Gasteiger partial charge >= 0.3 is 5.97 Å². The Labute approximate surface area is 133 Å². The van der Waals surface area contributed by atoms with Crippen molar-refractivity contribution in [2.24, 2.45) is 0 Å². The maximum absolute atomic E-state index is 11.4. The molecule has 0 aliphatic rings. The molecule has 0 unspecified atom stereocenters. The summed E-state index contributed by atoms with van der Waals surface area (Å²) in [6.45, 7) is 1.84. The Kier molecular flexibility index (Phi) is 5.10. The number of carboxylic acid groups (broad SMARTS) is 1. The monoisotopic (exact) mass is 324 g/mol. The first kappa shape index (κ1) is 15.7. The number of aryl methyl sites for hydroxylation is 1. The zero-order chi connectivity index (χ0) is 15.4. The summed E-state index contributed by atoms with van der Waals surface area (Å²) in [5.41, 5.74) is 1.64. The Balaban J connectivity index is 2.15. The lowest BCUT2D eigenvalue weighted by Gasteiger charge is -2.16. The summed E-state index contributed by atoms with van der Waals surface area (Å²) in [6, 6.07) is 12.1. The molecule has 0 aromatic heterocycles. The molecule has 0 amide bonds. The fourth-order valence-electron chi connectivity index (χ4n) is 1.91. The molecule has 2 rings (SSSR count). The average molecular weight is 325 g/mol. The smallest absolute Gasteiger partial charge is 0.345 e. The molecule has 1 atom stereocenters. The van der Waals surface area contributed by atoms with Crippen LogP contribution in [0.5, 0.6) is 5.75 Å². The molecule has 5 heteroatoms. The van der Waals surface area contributed by atoms with Crippen LogP contribution in [-0.4, -0.2) is 17.2 Å². The summed E-state index contributed by atoms with van der Waals surface area (Å²) in [6.07, 6.45) is -0.749.